The van der Waals surface area contributed by atoms with Crippen LogP contribution in [-0.4, -0.2) is 62.3 Å². The molecule has 0 bridgehead atoms. The molecule has 1 aromatic heterocycles. The van der Waals surface area contributed by atoms with Crippen LogP contribution in [0, 0.1) is 10.8 Å². The maximum atomic E-state index is 8.77. The first kappa shape index (κ1) is 23.4. The highest BCUT2D eigenvalue weighted by Gasteiger charge is 2.15. The van der Waals surface area contributed by atoms with Crippen LogP contribution in [0.2, 0.25) is 0 Å². The Morgan fingerprint density at radius 3 is 2.75 bits per heavy atom. The van der Waals surface area contributed by atoms with Crippen molar-refractivity contribution in [2.45, 2.75) is 18.9 Å². The first-order chi connectivity index (χ1) is 15.4. The molecule has 3 aromatic rings. The van der Waals surface area contributed by atoms with Gasteiger partial charge < -0.3 is 26.3 Å². The Balaban J connectivity index is 1.78. The summed E-state index contributed by atoms with van der Waals surface area (Å²) in [4.78, 5) is 9.58. The number of H-pyrrole nitrogens is 1. The van der Waals surface area contributed by atoms with Gasteiger partial charge in [-0.3, -0.25) is 10.4 Å². The number of anilines is 1. The minimum atomic E-state index is -0.234. The summed E-state index contributed by atoms with van der Waals surface area (Å²) in [6.07, 6.45) is 4.17. The third kappa shape index (κ3) is 5.69. The largest absolute Gasteiger partial charge is 0.398 e. The molecule has 0 spiro atoms. The van der Waals surface area contributed by atoms with Crippen molar-refractivity contribution in [1.29, 1.82) is 10.8 Å². The highest BCUT2D eigenvalue weighted by molar-refractivity contribution is 6.14. The molecule has 0 amide bonds. The Morgan fingerprint density at radius 1 is 1.22 bits per heavy atom. The van der Waals surface area contributed by atoms with Crippen molar-refractivity contribution >= 4 is 34.7 Å². The van der Waals surface area contributed by atoms with Crippen molar-refractivity contribution in [2.24, 2.45) is 4.99 Å². The van der Waals surface area contributed by atoms with Crippen LogP contribution < -0.4 is 11.1 Å². The third-order valence-electron chi connectivity index (χ3n) is 5.46. The molecule has 6 N–H and O–H groups in total. The van der Waals surface area contributed by atoms with Gasteiger partial charge in [-0.25, -0.2) is 0 Å². The van der Waals surface area contributed by atoms with Crippen LogP contribution in [0.3, 0.4) is 0 Å². The lowest BCUT2D eigenvalue weighted by atomic mass is 9.95. The maximum absolute atomic E-state index is 8.77. The van der Waals surface area contributed by atoms with Crippen LogP contribution in [0.1, 0.15) is 34.7 Å². The summed E-state index contributed by atoms with van der Waals surface area (Å²) in [5.41, 5.74) is 11.5. The molecule has 0 aliphatic rings. The molecule has 32 heavy (non-hydrogen) atoms. The fourth-order valence-electron chi connectivity index (χ4n) is 3.71. The number of benzene rings is 2. The summed E-state index contributed by atoms with van der Waals surface area (Å²) in [6.45, 7) is 2.88. The molecule has 0 aliphatic heterocycles. The normalized spacial score (nSPS) is 12.6. The average Bonchev–Trinajstić information content (AvgIpc) is 3.20. The Kier molecular flexibility index (Phi) is 7.92. The molecule has 2 aromatic carbocycles. The second kappa shape index (κ2) is 10.8. The topological polar surface area (TPSA) is 117 Å². The second-order valence-corrected chi connectivity index (χ2v) is 8.26. The van der Waals surface area contributed by atoms with Gasteiger partial charge in [-0.2, -0.15) is 0 Å². The van der Waals surface area contributed by atoms with Gasteiger partial charge in [0.2, 0.25) is 0 Å². The van der Waals surface area contributed by atoms with Crippen LogP contribution in [0.25, 0.3) is 10.9 Å². The van der Waals surface area contributed by atoms with E-state index < -0.39 is 0 Å². The summed E-state index contributed by atoms with van der Waals surface area (Å²) in [6, 6.07) is 13.9. The zero-order valence-corrected chi connectivity index (χ0v) is 19.1. The van der Waals surface area contributed by atoms with E-state index in [4.69, 9.17) is 16.6 Å². The lowest BCUT2D eigenvalue weighted by Gasteiger charge is -2.12. The van der Waals surface area contributed by atoms with Gasteiger partial charge >= 0.3 is 0 Å². The number of hydrogen-bond donors (Lipinski definition) is 5. The molecule has 1 heterocycles. The number of nitrogen functional groups attached to an aromatic ring is 1. The summed E-state index contributed by atoms with van der Waals surface area (Å²) in [5, 5.41) is 21.0. The van der Waals surface area contributed by atoms with E-state index in [1.54, 1.807) is 19.3 Å². The van der Waals surface area contributed by atoms with E-state index in [2.05, 4.69) is 52.5 Å². The van der Waals surface area contributed by atoms with Crippen molar-refractivity contribution in [2.75, 3.05) is 40.0 Å². The number of rotatable bonds is 11. The fourth-order valence-corrected chi connectivity index (χ4v) is 3.71. The third-order valence-corrected chi connectivity index (χ3v) is 5.46. The first-order valence-electron chi connectivity index (χ1n) is 10.8. The zero-order valence-electron chi connectivity index (χ0n) is 19.1. The predicted molar refractivity (Wildman–Crippen MR) is 136 cm³/mol. The van der Waals surface area contributed by atoms with Gasteiger partial charge in [0.15, 0.2) is 0 Å². The van der Waals surface area contributed by atoms with E-state index in [0.717, 1.165) is 48.2 Å². The van der Waals surface area contributed by atoms with E-state index in [9.17, 15) is 0 Å². The van der Waals surface area contributed by atoms with Crippen molar-refractivity contribution in [3.8, 4) is 0 Å². The molecule has 1 unspecified atom stereocenters. The number of aliphatic imine (C=N–C) groups is 1. The lowest BCUT2D eigenvalue weighted by molar-refractivity contribution is 0.394. The van der Waals surface area contributed by atoms with Crippen LogP contribution >= 0.6 is 0 Å². The van der Waals surface area contributed by atoms with Gasteiger partial charge in [-0.1, -0.05) is 12.1 Å². The quantitative estimate of drug-likeness (QED) is 0.181. The van der Waals surface area contributed by atoms with E-state index >= 15 is 0 Å². The average molecular weight is 432 g/mol. The van der Waals surface area contributed by atoms with E-state index in [0.29, 0.717) is 17.0 Å². The lowest BCUT2D eigenvalue weighted by Crippen LogP contribution is -2.20. The standard InChI is InChI=1S/C25H33N7/c1-29-16-20(14-26)18-6-7-22(27)21(12-18)25(28)24-13-19-11-17(5-8-23(19)31-24)15-30-9-4-10-32(2)3/h5-8,11-14,16,20,26,28,30-31H,4,9-10,15,27H2,1-3H3. The van der Waals surface area contributed by atoms with Crippen molar-refractivity contribution in [3.05, 3.63) is 64.8 Å². The highest BCUT2D eigenvalue weighted by atomic mass is 15.1. The molecule has 3 rings (SSSR count). The number of aromatic nitrogens is 1. The molecule has 0 fully saturated rings. The molecular weight excluding hydrogens is 398 g/mol. The Bertz CT molecular complexity index is 1110. The maximum Gasteiger partial charge on any atom is 0.0868 e. The van der Waals surface area contributed by atoms with Crippen molar-refractivity contribution in [3.63, 3.8) is 0 Å². The van der Waals surface area contributed by atoms with Gasteiger partial charge in [0.25, 0.3) is 0 Å². The molecule has 0 saturated heterocycles. The van der Waals surface area contributed by atoms with E-state index in [1.165, 1.54) is 11.8 Å². The van der Waals surface area contributed by atoms with Crippen LogP contribution in [0.15, 0.2) is 47.5 Å². The van der Waals surface area contributed by atoms with Gasteiger partial charge in [-0.15, -0.1) is 0 Å². The Labute approximate surface area is 189 Å². The number of nitrogens with zero attached hydrogens (tertiary/aromatic N) is 2. The first-order valence-corrected chi connectivity index (χ1v) is 10.8. The van der Waals surface area contributed by atoms with Gasteiger partial charge in [0.1, 0.15) is 0 Å². The molecule has 7 heteroatoms. The Morgan fingerprint density at radius 2 is 2.03 bits per heavy atom. The van der Waals surface area contributed by atoms with Gasteiger partial charge in [0.05, 0.1) is 17.3 Å². The number of fused-ring (bicyclic) bond motifs is 1. The number of nitrogens with two attached hydrogens (primary N) is 1. The smallest absolute Gasteiger partial charge is 0.0868 e. The summed E-state index contributed by atoms with van der Waals surface area (Å²) in [7, 11) is 5.86. The molecule has 0 radical (unpaired) electrons. The monoisotopic (exact) mass is 431 g/mol. The minimum absolute atomic E-state index is 0.234. The fraction of sp³-hybridized carbons (Fsp3) is 0.320. The van der Waals surface area contributed by atoms with Crippen LogP contribution in [0.5, 0.6) is 0 Å². The minimum Gasteiger partial charge on any atom is -0.398 e. The van der Waals surface area contributed by atoms with Gasteiger partial charge in [0, 0.05) is 48.2 Å². The molecule has 1 atom stereocenters. The molecule has 0 aliphatic carbocycles. The van der Waals surface area contributed by atoms with Crippen LogP contribution in [-0.2, 0) is 6.54 Å². The molecular formula is C25H33N7. The van der Waals surface area contributed by atoms with Crippen molar-refractivity contribution in [1.82, 2.24) is 15.2 Å². The van der Waals surface area contributed by atoms with E-state index in [1.807, 2.05) is 18.2 Å². The molecule has 168 valence electrons. The predicted octanol–water partition coefficient (Wildman–Crippen LogP) is 3.64. The molecule has 7 nitrogen and oxygen atoms in total. The summed E-state index contributed by atoms with van der Waals surface area (Å²) >= 11 is 0. The highest BCUT2D eigenvalue weighted by Crippen LogP contribution is 2.24. The summed E-state index contributed by atoms with van der Waals surface area (Å²) in [5.74, 6) is -0.234. The van der Waals surface area contributed by atoms with Gasteiger partial charge in [-0.05, 0) is 75.1 Å². The van der Waals surface area contributed by atoms with Crippen molar-refractivity contribution < 1.29 is 0 Å². The van der Waals surface area contributed by atoms with E-state index in [-0.39, 0.29) is 5.92 Å². The number of nitrogens with one attached hydrogen (secondary N) is 4. The number of hydrogen-bond acceptors (Lipinski definition) is 6. The molecule has 0 saturated carbocycles. The SMILES string of the molecule is CN=CC(C=N)c1ccc(N)c(C(=N)c2cc3cc(CNCCCN(C)C)ccc3[nH]2)c1. The summed E-state index contributed by atoms with van der Waals surface area (Å²) < 4.78 is 0. The second-order valence-electron chi connectivity index (χ2n) is 8.26. The van der Waals surface area contributed by atoms with Crippen LogP contribution in [0.4, 0.5) is 5.69 Å². The Hall–Kier alpha value is -3.29. The zero-order chi connectivity index (χ0) is 23.1. The number of aromatic amines is 1.